The molecule has 0 bridgehead atoms. The number of nitrogens with zero attached hydrogens (tertiary/aromatic N) is 1. The van der Waals surface area contributed by atoms with E-state index in [0.29, 0.717) is 6.54 Å². The molecule has 122 valence electrons. The summed E-state index contributed by atoms with van der Waals surface area (Å²) < 4.78 is 5.50. The van der Waals surface area contributed by atoms with Crippen molar-refractivity contribution in [1.82, 2.24) is 4.90 Å². The van der Waals surface area contributed by atoms with E-state index in [1.807, 2.05) is 25.7 Å². The van der Waals surface area contributed by atoms with E-state index in [9.17, 15) is 9.59 Å². The van der Waals surface area contributed by atoms with Gasteiger partial charge in [0, 0.05) is 18.5 Å². The third kappa shape index (κ3) is 6.49. The molecule has 1 aliphatic rings. The van der Waals surface area contributed by atoms with Crippen molar-refractivity contribution < 1.29 is 14.3 Å². The van der Waals surface area contributed by atoms with Gasteiger partial charge in [0.25, 0.3) is 0 Å². The van der Waals surface area contributed by atoms with E-state index in [4.69, 9.17) is 4.74 Å². The minimum Gasteiger partial charge on any atom is -0.444 e. The Morgan fingerprint density at radius 1 is 1.29 bits per heavy atom. The summed E-state index contributed by atoms with van der Waals surface area (Å²) in [4.78, 5) is 25.2. The molecule has 1 rings (SSSR count). The van der Waals surface area contributed by atoms with Crippen molar-refractivity contribution in [1.29, 1.82) is 0 Å². The van der Waals surface area contributed by atoms with Crippen LogP contribution < -0.4 is 0 Å². The summed E-state index contributed by atoms with van der Waals surface area (Å²) in [6.45, 7) is 8.49. The lowest BCUT2D eigenvalue weighted by molar-refractivity contribution is -0.113. The Hall–Kier alpha value is -1.06. The number of amides is 1. The van der Waals surface area contributed by atoms with Gasteiger partial charge in [-0.2, -0.15) is 0 Å². The maximum absolute atomic E-state index is 12.3. The lowest BCUT2D eigenvalue weighted by Gasteiger charge is -2.38. The molecule has 0 aromatic rings. The molecule has 0 aliphatic carbocycles. The van der Waals surface area contributed by atoms with Gasteiger partial charge in [-0.05, 0) is 40.0 Å². The van der Waals surface area contributed by atoms with Crippen LogP contribution in [0.1, 0.15) is 72.6 Å². The summed E-state index contributed by atoms with van der Waals surface area (Å²) in [6.07, 6.45) is 8.09. The molecule has 21 heavy (non-hydrogen) atoms. The Balaban J connectivity index is 2.60. The molecule has 0 spiro atoms. The molecule has 1 aliphatic heterocycles. The highest BCUT2D eigenvalue weighted by Crippen LogP contribution is 2.27. The summed E-state index contributed by atoms with van der Waals surface area (Å²) in [5, 5.41) is 0. The highest BCUT2D eigenvalue weighted by molar-refractivity contribution is 5.69. The fourth-order valence-corrected chi connectivity index (χ4v) is 2.85. The predicted molar refractivity (Wildman–Crippen MR) is 84.3 cm³/mol. The number of carbonyl (C=O) groups excluding carboxylic acids is 2. The van der Waals surface area contributed by atoms with E-state index < -0.39 is 5.60 Å². The molecule has 0 N–H and O–H groups in total. The van der Waals surface area contributed by atoms with Gasteiger partial charge >= 0.3 is 6.09 Å². The fraction of sp³-hybridized carbons (Fsp3) is 0.882. The first-order valence-corrected chi connectivity index (χ1v) is 8.32. The Bertz CT molecular complexity index is 335. The first kappa shape index (κ1) is 18.0. The fourth-order valence-electron chi connectivity index (χ4n) is 2.85. The van der Waals surface area contributed by atoms with Gasteiger partial charge in [0.15, 0.2) is 0 Å². The van der Waals surface area contributed by atoms with E-state index in [-0.39, 0.29) is 18.1 Å². The molecule has 2 atom stereocenters. The molecule has 4 heteroatoms. The van der Waals surface area contributed by atoms with Crippen LogP contribution in [0.15, 0.2) is 0 Å². The van der Waals surface area contributed by atoms with Crippen LogP contribution in [0.2, 0.25) is 0 Å². The number of unbranched alkanes of at least 4 members (excludes halogenated alkanes) is 3. The quantitative estimate of drug-likeness (QED) is 0.546. The molecule has 1 saturated heterocycles. The molecule has 1 heterocycles. The monoisotopic (exact) mass is 297 g/mol. The maximum atomic E-state index is 12.3. The smallest absolute Gasteiger partial charge is 0.410 e. The molecule has 4 nitrogen and oxygen atoms in total. The minimum atomic E-state index is -0.467. The van der Waals surface area contributed by atoms with Crippen molar-refractivity contribution in [2.45, 2.75) is 84.3 Å². The Morgan fingerprint density at radius 3 is 2.57 bits per heavy atom. The first-order valence-electron chi connectivity index (χ1n) is 8.32. The highest BCUT2D eigenvalue weighted by Gasteiger charge is 2.33. The van der Waals surface area contributed by atoms with Crippen LogP contribution >= 0.6 is 0 Å². The maximum Gasteiger partial charge on any atom is 0.410 e. The Labute approximate surface area is 129 Å². The number of hydrogen-bond acceptors (Lipinski definition) is 3. The van der Waals surface area contributed by atoms with Gasteiger partial charge < -0.3 is 14.4 Å². The van der Waals surface area contributed by atoms with Crippen LogP contribution in [-0.2, 0) is 9.53 Å². The van der Waals surface area contributed by atoms with Crippen molar-refractivity contribution >= 4 is 12.4 Å². The second-order valence-corrected chi connectivity index (χ2v) is 7.10. The highest BCUT2D eigenvalue weighted by atomic mass is 16.6. The summed E-state index contributed by atoms with van der Waals surface area (Å²) in [6, 6.07) is 0.153. The van der Waals surface area contributed by atoms with Gasteiger partial charge in [0.2, 0.25) is 0 Å². The number of piperidine rings is 1. The lowest BCUT2D eigenvalue weighted by atomic mass is 9.89. The zero-order chi connectivity index (χ0) is 15.9. The van der Waals surface area contributed by atoms with E-state index in [1.165, 1.54) is 19.3 Å². The van der Waals surface area contributed by atoms with Gasteiger partial charge in [-0.15, -0.1) is 0 Å². The average Bonchev–Trinajstić information content (AvgIpc) is 2.41. The molecule has 0 aromatic carbocycles. The van der Waals surface area contributed by atoms with Crippen LogP contribution in [0.25, 0.3) is 0 Å². The lowest BCUT2D eigenvalue weighted by Crippen LogP contribution is -2.48. The molecular formula is C17H31NO3. The zero-order valence-electron chi connectivity index (χ0n) is 14.1. The third-order valence-electron chi connectivity index (χ3n) is 3.97. The van der Waals surface area contributed by atoms with Crippen LogP contribution in [0.4, 0.5) is 4.79 Å². The average molecular weight is 297 g/mol. The minimum absolute atomic E-state index is 0.0971. The van der Waals surface area contributed by atoms with E-state index in [0.717, 1.165) is 32.0 Å². The van der Waals surface area contributed by atoms with Crippen molar-refractivity contribution in [2.75, 3.05) is 6.54 Å². The normalized spacial score (nSPS) is 23.0. The summed E-state index contributed by atoms with van der Waals surface area (Å²) in [7, 11) is 0. The SMILES string of the molecule is CCCCCCC1CC(C=O)CCN1C(=O)OC(C)(C)C. The van der Waals surface area contributed by atoms with Gasteiger partial charge in [0.1, 0.15) is 11.9 Å². The van der Waals surface area contributed by atoms with Crippen LogP contribution in [0.3, 0.4) is 0 Å². The molecule has 2 unspecified atom stereocenters. The van der Waals surface area contributed by atoms with Gasteiger partial charge in [-0.25, -0.2) is 4.79 Å². The summed E-state index contributed by atoms with van der Waals surface area (Å²) in [5.41, 5.74) is -0.467. The topological polar surface area (TPSA) is 46.6 Å². The van der Waals surface area contributed by atoms with Crippen LogP contribution in [0.5, 0.6) is 0 Å². The second-order valence-electron chi connectivity index (χ2n) is 7.10. The first-order chi connectivity index (χ1) is 9.87. The van der Waals surface area contributed by atoms with Crippen LogP contribution in [-0.4, -0.2) is 35.5 Å². The van der Waals surface area contributed by atoms with Gasteiger partial charge in [0.05, 0.1) is 0 Å². The van der Waals surface area contributed by atoms with E-state index >= 15 is 0 Å². The Morgan fingerprint density at radius 2 is 2.00 bits per heavy atom. The zero-order valence-corrected chi connectivity index (χ0v) is 14.1. The van der Waals surface area contributed by atoms with Crippen molar-refractivity contribution in [3.05, 3.63) is 0 Å². The molecule has 1 amide bonds. The van der Waals surface area contributed by atoms with E-state index in [2.05, 4.69) is 6.92 Å². The van der Waals surface area contributed by atoms with Crippen LogP contribution in [0, 0.1) is 5.92 Å². The standard InChI is InChI=1S/C17H31NO3/c1-5-6-7-8-9-15-12-14(13-19)10-11-18(15)16(20)21-17(2,3)4/h13-15H,5-12H2,1-4H3. The third-order valence-corrected chi connectivity index (χ3v) is 3.97. The van der Waals surface area contributed by atoms with Crippen molar-refractivity contribution in [3.63, 3.8) is 0 Å². The van der Waals surface area contributed by atoms with Crippen molar-refractivity contribution in [3.8, 4) is 0 Å². The van der Waals surface area contributed by atoms with Gasteiger partial charge in [-0.1, -0.05) is 32.6 Å². The molecular weight excluding hydrogens is 266 g/mol. The second kappa shape index (κ2) is 8.40. The summed E-state index contributed by atoms with van der Waals surface area (Å²) >= 11 is 0. The molecule has 1 fully saturated rings. The Kier molecular flexibility index (Phi) is 7.20. The number of rotatable bonds is 6. The molecule has 0 aromatic heterocycles. The predicted octanol–water partition coefficient (Wildman–Crippen LogP) is 4.17. The molecule has 0 saturated carbocycles. The van der Waals surface area contributed by atoms with Gasteiger partial charge in [-0.3, -0.25) is 0 Å². The number of aldehydes is 1. The number of likely N-dealkylation sites (tertiary alicyclic amines) is 1. The summed E-state index contributed by atoms with van der Waals surface area (Å²) in [5.74, 6) is 0.0971. The van der Waals surface area contributed by atoms with E-state index in [1.54, 1.807) is 0 Å². The largest absolute Gasteiger partial charge is 0.444 e. The van der Waals surface area contributed by atoms with Crippen molar-refractivity contribution in [2.24, 2.45) is 5.92 Å². The number of ether oxygens (including phenoxy) is 1. The number of carbonyl (C=O) groups is 2. The molecule has 0 radical (unpaired) electrons. The number of hydrogen-bond donors (Lipinski definition) is 0.